The van der Waals surface area contributed by atoms with Gasteiger partial charge in [-0.3, -0.25) is 0 Å². The number of ether oxygens (including phenoxy) is 1. The van der Waals surface area contributed by atoms with E-state index in [2.05, 4.69) is 10.2 Å². The molecule has 0 aliphatic rings. The van der Waals surface area contributed by atoms with Gasteiger partial charge in [-0.05, 0) is 41.0 Å². The number of rotatable bonds is 4. The molecule has 0 amide bonds. The first-order chi connectivity index (χ1) is 10.8. The van der Waals surface area contributed by atoms with Gasteiger partial charge in [-0.2, -0.15) is 0 Å². The lowest BCUT2D eigenvalue weighted by Crippen LogP contribution is -2.08. The van der Waals surface area contributed by atoms with Gasteiger partial charge in [0.15, 0.2) is 0 Å². The maximum Gasteiger partial charge on any atom is 0.127 e. The maximum absolute atomic E-state index is 6.05. The van der Waals surface area contributed by atoms with Crippen molar-refractivity contribution in [2.45, 2.75) is 5.88 Å². The lowest BCUT2D eigenvalue weighted by atomic mass is 10.0. The smallest absolute Gasteiger partial charge is 0.127 e. The van der Waals surface area contributed by atoms with Gasteiger partial charge >= 0.3 is 0 Å². The SMILES string of the molecule is [Si]c1cccc(CCl)c1-c1ccc(Oc2ccccc2)cc1. The predicted molar refractivity (Wildman–Crippen MR) is 93.3 cm³/mol. The van der Waals surface area contributed by atoms with Crippen LogP contribution in [0.4, 0.5) is 0 Å². The second-order valence-corrected chi connectivity index (χ2v) is 5.72. The third-order valence-corrected chi connectivity index (χ3v) is 4.12. The Balaban J connectivity index is 1.89. The number of alkyl halides is 1. The standard InChI is InChI=1S/C19H14ClOSi/c20-13-15-5-4-8-18(22)19(15)14-9-11-17(12-10-14)21-16-6-2-1-3-7-16/h1-12H,13H2. The minimum Gasteiger partial charge on any atom is -0.457 e. The molecule has 0 aromatic heterocycles. The molecule has 3 rings (SSSR count). The number of halogens is 1. The molecule has 0 bridgehead atoms. The molecule has 3 aromatic carbocycles. The van der Waals surface area contributed by atoms with E-state index in [0.717, 1.165) is 33.4 Å². The third-order valence-electron chi connectivity index (χ3n) is 3.42. The summed E-state index contributed by atoms with van der Waals surface area (Å²) in [5, 5.41) is 1.04. The first-order valence-electron chi connectivity index (χ1n) is 7.01. The van der Waals surface area contributed by atoms with Crippen LogP contribution in [0.1, 0.15) is 5.56 Å². The second kappa shape index (κ2) is 6.82. The predicted octanol–water partition coefficient (Wildman–Crippen LogP) is 4.68. The van der Waals surface area contributed by atoms with Crippen molar-refractivity contribution < 1.29 is 4.74 Å². The highest BCUT2D eigenvalue weighted by Crippen LogP contribution is 2.27. The summed E-state index contributed by atoms with van der Waals surface area (Å²) in [5.74, 6) is 2.13. The molecule has 1 nitrogen and oxygen atoms in total. The van der Waals surface area contributed by atoms with Crippen LogP contribution in [0, 0.1) is 0 Å². The van der Waals surface area contributed by atoms with Crippen LogP contribution in [-0.4, -0.2) is 10.2 Å². The zero-order valence-electron chi connectivity index (χ0n) is 11.9. The lowest BCUT2D eigenvalue weighted by Gasteiger charge is -2.12. The summed E-state index contributed by atoms with van der Waals surface area (Å²) < 4.78 is 5.82. The van der Waals surface area contributed by atoms with Gasteiger partial charge in [-0.25, -0.2) is 0 Å². The molecule has 3 aromatic rings. The molecule has 0 unspecified atom stereocenters. The number of benzene rings is 3. The topological polar surface area (TPSA) is 9.23 Å². The van der Waals surface area contributed by atoms with Crippen molar-refractivity contribution in [1.29, 1.82) is 0 Å². The highest BCUT2D eigenvalue weighted by molar-refractivity contribution is 6.36. The number of hydrogen-bond donors (Lipinski definition) is 0. The van der Waals surface area contributed by atoms with E-state index < -0.39 is 0 Å². The molecular weight excluding hydrogens is 308 g/mol. The lowest BCUT2D eigenvalue weighted by molar-refractivity contribution is 0.483. The summed E-state index contributed by atoms with van der Waals surface area (Å²) >= 11 is 6.05. The average molecular weight is 322 g/mol. The first-order valence-corrected chi connectivity index (χ1v) is 8.04. The summed E-state index contributed by atoms with van der Waals surface area (Å²) in [5.41, 5.74) is 3.34. The fraction of sp³-hybridized carbons (Fsp3) is 0.0526. The molecule has 0 aliphatic carbocycles. The van der Waals surface area contributed by atoms with Gasteiger partial charge in [-0.15, -0.1) is 11.6 Å². The van der Waals surface area contributed by atoms with Gasteiger partial charge in [0.2, 0.25) is 0 Å². The molecule has 0 atom stereocenters. The van der Waals surface area contributed by atoms with Crippen molar-refractivity contribution in [3.8, 4) is 22.6 Å². The van der Waals surface area contributed by atoms with E-state index in [4.69, 9.17) is 16.3 Å². The summed E-state index contributed by atoms with van der Waals surface area (Å²) in [6.07, 6.45) is 0. The van der Waals surface area contributed by atoms with E-state index in [1.165, 1.54) is 0 Å². The Morgan fingerprint density at radius 1 is 0.773 bits per heavy atom. The molecule has 0 saturated carbocycles. The highest BCUT2D eigenvalue weighted by Gasteiger charge is 2.07. The molecule has 3 heteroatoms. The van der Waals surface area contributed by atoms with Gasteiger partial charge in [-0.1, -0.05) is 53.7 Å². The zero-order chi connectivity index (χ0) is 15.4. The van der Waals surface area contributed by atoms with Crippen LogP contribution in [0.3, 0.4) is 0 Å². The van der Waals surface area contributed by atoms with E-state index in [9.17, 15) is 0 Å². The van der Waals surface area contributed by atoms with Crippen molar-refractivity contribution in [2.24, 2.45) is 0 Å². The van der Waals surface area contributed by atoms with Crippen LogP contribution in [0.5, 0.6) is 11.5 Å². The molecule has 0 N–H and O–H groups in total. The Labute approximate surface area is 138 Å². The van der Waals surface area contributed by atoms with E-state index in [0.29, 0.717) is 5.88 Å². The van der Waals surface area contributed by atoms with Gasteiger partial charge in [0.25, 0.3) is 0 Å². The molecule has 0 fully saturated rings. The van der Waals surface area contributed by atoms with Gasteiger partial charge in [0.1, 0.15) is 11.5 Å². The fourth-order valence-corrected chi connectivity index (χ4v) is 2.99. The zero-order valence-corrected chi connectivity index (χ0v) is 13.7. The average Bonchev–Trinajstić information content (AvgIpc) is 2.56. The minimum absolute atomic E-state index is 0.482. The Morgan fingerprint density at radius 3 is 2.14 bits per heavy atom. The van der Waals surface area contributed by atoms with Gasteiger partial charge < -0.3 is 4.74 Å². The highest BCUT2D eigenvalue weighted by atomic mass is 35.5. The first kappa shape index (κ1) is 14.9. The number of hydrogen-bond acceptors (Lipinski definition) is 1. The van der Waals surface area contributed by atoms with Crippen LogP contribution >= 0.6 is 11.6 Å². The Bertz CT molecular complexity index is 754. The summed E-state index contributed by atoms with van der Waals surface area (Å²) in [7, 11) is 3.66. The van der Waals surface area contributed by atoms with Crippen LogP contribution < -0.4 is 9.92 Å². The molecule has 0 spiro atoms. The monoisotopic (exact) mass is 321 g/mol. The molecule has 3 radical (unpaired) electrons. The van der Waals surface area contributed by atoms with Crippen LogP contribution in [0.25, 0.3) is 11.1 Å². The third kappa shape index (κ3) is 3.24. The van der Waals surface area contributed by atoms with Crippen LogP contribution in [-0.2, 0) is 5.88 Å². The molecule has 0 aliphatic heterocycles. The Hall–Kier alpha value is -2.03. The normalized spacial score (nSPS) is 10.5. The number of para-hydroxylation sites is 1. The van der Waals surface area contributed by atoms with Crippen molar-refractivity contribution in [3.05, 3.63) is 78.4 Å². The molecule has 107 valence electrons. The van der Waals surface area contributed by atoms with E-state index >= 15 is 0 Å². The second-order valence-electron chi connectivity index (χ2n) is 4.91. The van der Waals surface area contributed by atoms with E-state index in [1.807, 2.05) is 72.8 Å². The molecule has 22 heavy (non-hydrogen) atoms. The molecular formula is C19H14ClOSi. The van der Waals surface area contributed by atoms with Crippen molar-refractivity contribution in [2.75, 3.05) is 0 Å². The minimum atomic E-state index is 0.482. The van der Waals surface area contributed by atoms with E-state index in [1.54, 1.807) is 0 Å². The van der Waals surface area contributed by atoms with Crippen LogP contribution in [0.2, 0.25) is 0 Å². The maximum atomic E-state index is 6.05. The quantitative estimate of drug-likeness (QED) is 0.501. The van der Waals surface area contributed by atoms with Crippen molar-refractivity contribution in [3.63, 3.8) is 0 Å². The van der Waals surface area contributed by atoms with Crippen molar-refractivity contribution in [1.82, 2.24) is 0 Å². The Kier molecular flexibility index (Phi) is 4.61. The van der Waals surface area contributed by atoms with Crippen molar-refractivity contribution >= 4 is 27.0 Å². The summed E-state index contributed by atoms with van der Waals surface area (Å²) in [6, 6.07) is 23.9. The molecule has 0 saturated heterocycles. The van der Waals surface area contributed by atoms with Gasteiger partial charge in [0.05, 0.1) is 10.2 Å². The largest absolute Gasteiger partial charge is 0.457 e. The fourth-order valence-electron chi connectivity index (χ4n) is 2.37. The van der Waals surface area contributed by atoms with Crippen LogP contribution in [0.15, 0.2) is 72.8 Å². The molecule has 0 heterocycles. The van der Waals surface area contributed by atoms with E-state index in [-0.39, 0.29) is 0 Å². The summed E-state index contributed by atoms with van der Waals surface area (Å²) in [4.78, 5) is 0. The van der Waals surface area contributed by atoms with Gasteiger partial charge in [0, 0.05) is 5.88 Å². The summed E-state index contributed by atoms with van der Waals surface area (Å²) in [6.45, 7) is 0. The Morgan fingerprint density at radius 2 is 1.45 bits per heavy atom.